The molecule has 2 aliphatic heterocycles. The molecule has 3 aliphatic rings. The highest BCUT2D eigenvalue weighted by atomic mass is 35.6. The lowest BCUT2D eigenvalue weighted by Gasteiger charge is -2.44. The van der Waals surface area contributed by atoms with E-state index in [0.29, 0.717) is 11.6 Å². The number of carbonyl (C=O) groups excluding carboxylic acids is 4. The molecule has 2 heterocycles. The van der Waals surface area contributed by atoms with Crippen LogP contribution in [-0.2, 0) is 23.9 Å². The number of nitrogens with zero attached hydrogens (tertiary/aromatic N) is 3. The molecule has 1 N–H and O–H groups in total. The number of thioether (sulfide) groups is 2. The van der Waals surface area contributed by atoms with Crippen LogP contribution in [0.4, 0.5) is 10.5 Å². The van der Waals surface area contributed by atoms with E-state index in [1.54, 1.807) is 37.3 Å². The summed E-state index contributed by atoms with van der Waals surface area (Å²) in [6.07, 6.45) is 1.05. The van der Waals surface area contributed by atoms with Gasteiger partial charge in [0.05, 0.1) is 4.75 Å². The molecule has 15 heteroatoms. The molecule has 3 amide bonds. The van der Waals surface area contributed by atoms with Crippen LogP contribution < -0.4 is 10.2 Å². The number of para-hydroxylation sites is 1. The lowest BCUT2D eigenvalue weighted by molar-refractivity contribution is -0.164. The van der Waals surface area contributed by atoms with Crippen molar-refractivity contribution in [3.05, 3.63) is 30.3 Å². The number of thiocyanates is 1. The van der Waals surface area contributed by atoms with Gasteiger partial charge < -0.3 is 19.7 Å². The summed E-state index contributed by atoms with van der Waals surface area (Å²) in [5.41, 5.74) is 0.473. The van der Waals surface area contributed by atoms with E-state index in [0.717, 1.165) is 24.6 Å². The van der Waals surface area contributed by atoms with Gasteiger partial charge in [-0.3, -0.25) is 14.5 Å². The van der Waals surface area contributed by atoms with Crippen molar-refractivity contribution in [3.8, 4) is 5.40 Å². The first-order valence-corrected chi connectivity index (χ1v) is 15.4. The minimum atomic E-state index is -1.84. The molecule has 1 aromatic rings. The number of amides is 3. The van der Waals surface area contributed by atoms with Crippen LogP contribution in [0.15, 0.2) is 30.3 Å². The Morgan fingerprint density at radius 2 is 1.98 bits per heavy atom. The van der Waals surface area contributed by atoms with Crippen molar-refractivity contribution in [2.45, 2.75) is 58.8 Å². The highest BCUT2D eigenvalue weighted by Crippen LogP contribution is 2.52. The van der Waals surface area contributed by atoms with Crippen molar-refractivity contribution in [1.29, 1.82) is 5.26 Å². The fraction of sp³-hybridized carbons (Fsp3) is 0.560. The number of ether oxygens (including phenoxy) is 2. The number of carbonyl (C=O) groups is 4. The third-order valence-corrected chi connectivity index (χ3v) is 9.86. The summed E-state index contributed by atoms with van der Waals surface area (Å²) in [5, 5.41) is 13.2. The number of β-lactam (4-membered cyclic amide) rings is 1. The van der Waals surface area contributed by atoms with Gasteiger partial charge in [0, 0.05) is 11.4 Å². The Balaban J connectivity index is 1.45. The van der Waals surface area contributed by atoms with Crippen molar-refractivity contribution in [2.24, 2.45) is 5.92 Å². The van der Waals surface area contributed by atoms with Crippen LogP contribution in [-0.4, -0.2) is 79.8 Å². The van der Waals surface area contributed by atoms with Crippen LogP contribution in [0.1, 0.15) is 26.7 Å². The van der Waals surface area contributed by atoms with E-state index in [1.165, 1.54) is 21.6 Å². The molecule has 0 bridgehead atoms. The third-order valence-electron chi connectivity index (χ3n) is 6.83. The molecule has 0 spiro atoms. The topological polar surface area (TPSA) is 129 Å². The van der Waals surface area contributed by atoms with Gasteiger partial charge in [-0.2, -0.15) is 5.26 Å². The smallest absolute Gasteiger partial charge is 0.415 e. The Bertz CT molecular complexity index is 1200. The summed E-state index contributed by atoms with van der Waals surface area (Å²) in [5.74, 6) is -1.33. The molecule has 1 aromatic carbocycles. The monoisotopic (exact) mass is 648 g/mol. The number of hydrogen-bond acceptors (Lipinski definition) is 9. The standard InChI is InChI=1S/C25H27Cl3N4O6S2/c1-14(15-8-9-15)38-23(36)31(16-6-4-3-5-7-16)10-17(33)30-18-20(34)32-19(22(35)37-11-25(26,27)28)24(2,12-39-13-29)40-21(18)32/h3-7,14-15,18-19,21H,8-12H2,1-2H3,(H,30,33)/t14?,18?,19?,21-,24?/m1/s1. The van der Waals surface area contributed by atoms with Gasteiger partial charge in [0.25, 0.3) is 0 Å². The van der Waals surface area contributed by atoms with Gasteiger partial charge in [-0.15, -0.1) is 11.8 Å². The van der Waals surface area contributed by atoms with Gasteiger partial charge in [0.1, 0.15) is 42.1 Å². The zero-order chi connectivity index (χ0) is 29.2. The molecule has 3 fully saturated rings. The Labute approximate surface area is 255 Å². The second-order valence-electron chi connectivity index (χ2n) is 9.97. The van der Waals surface area contributed by atoms with Crippen LogP contribution in [0.25, 0.3) is 0 Å². The van der Waals surface area contributed by atoms with Crippen LogP contribution in [0.5, 0.6) is 0 Å². The molecule has 1 saturated carbocycles. The number of nitriles is 1. The molecular weight excluding hydrogens is 623 g/mol. The number of halogens is 3. The Morgan fingerprint density at radius 3 is 2.58 bits per heavy atom. The SMILES string of the molecule is CC(OC(=O)N(CC(=O)NC1C(=O)N2C(C(=O)OCC(Cl)(Cl)Cl)C(C)(CSC#N)S[C@H]12)c1ccccc1)C1CC1. The molecule has 1 aliphatic carbocycles. The third kappa shape index (κ3) is 7.05. The maximum absolute atomic E-state index is 13.2. The number of anilines is 1. The number of alkyl halides is 3. The van der Waals surface area contributed by atoms with Crippen LogP contribution in [0.2, 0.25) is 0 Å². The Kier molecular flexibility index (Phi) is 9.62. The first-order chi connectivity index (χ1) is 18.8. The molecule has 0 aromatic heterocycles. The fourth-order valence-corrected chi connectivity index (χ4v) is 7.32. The number of fused-ring (bicyclic) bond motifs is 1. The van der Waals surface area contributed by atoms with Crippen molar-refractivity contribution in [1.82, 2.24) is 10.2 Å². The zero-order valence-electron chi connectivity index (χ0n) is 21.6. The fourth-order valence-electron chi connectivity index (χ4n) is 4.65. The second kappa shape index (κ2) is 12.4. The Hall–Kier alpha value is -2.04. The van der Waals surface area contributed by atoms with Crippen molar-refractivity contribution in [3.63, 3.8) is 0 Å². The summed E-state index contributed by atoms with van der Waals surface area (Å²) in [6, 6.07) is 6.63. The Morgan fingerprint density at radius 1 is 1.30 bits per heavy atom. The number of benzene rings is 1. The highest BCUT2D eigenvalue weighted by molar-refractivity contribution is 8.06. The summed E-state index contributed by atoms with van der Waals surface area (Å²) in [7, 11) is 0. The van der Waals surface area contributed by atoms with Crippen LogP contribution in [0.3, 0.4) is 0 Å². The first kappa shape index (κ1) is 30.9. The molecule has 4 unspecified atom stereocenters. The average molecular weight is 650 g/mol. The summed E-state index contributed by atoms with van der Waals surface area (Å²) in [4.78, 5) is 54.9. The van der Waals surface area contributed by atoms with Gasteiger partial charge in [-0.25, -0.2) is 9.59 Å². The van der Waals surface area contributed by atoms with Crippen molar-refractivity contribution in [2.75, 3.05) is 23.8 Å². The first-order valence-electron chi connectivity index (χ1n) is 12.4. The van der Waals surface area contributed by atoms with E-state index in [-0.39, 0.29) is 18.4 Å². The van der Waals surface area contributed by atoms with Crippen LogP contribution in [0, 0.1) is 16.6 Å². The summed E-state index contributed by atoms with van der Waals surface area (Å²) >= 11 is 19.4. The lowest BCUT2D eigenvalue weighted by Crippen LogP contribution is -2.71. The van der Waals surface area contributed by atoms with E-state index in [1.807, 2.05) is 12.3 Å². The van der Waals surface area contributed by atoms with Crippen molar-refractivity contribution < 1.29 is 28.7 Å². The predicted molar refractivity (Wildman–Crippen MR) is 154 cm³/mol. The molecule has 2 saturated heterocycles. The maximum atomic E-state index is 13.2. The van der Waals surface area contributed by atoms with Gasteiger partial charge >= 0.3 is 12.1 Å². The molecule has 40 heavy (non-hydrogen) atoms. The summed E-state index contributed by atoms with van der Waals surface area (Å²) < 4.78 is 8.03. The van der Waals surface area contributed by atoms with Crippen LogP contribution >= 0.6 is 58.3 Å². The lowest BCUT2D eigenvalue weighted by atomic mass is 9.95. The minimum Gasteiger partial charge on any atom is -0.460 e. The zero-order valence-corrected chi connectivity index (χ0v) is 25.5. The molecule has 5 atom stereocenters. The normalized spacial score (nSPS) is 26.1. The minimum absolute atomic E-state index is 0.204. The molecule has 0 radical (unpaired) electrons. The van der Waals surface area contributed by atoms with E-state index in [9.17, 15) is 19.2 Å². The predicted octanol–water partition coefficient (Wildman–Crippen LogP) is 4.08. The second-order valence-corrected chi connectivity index (χ2v) is 14.9. The van der Waals surface area contributed by atoms with Crippen molar-refractivity contribution >= 4 is 87.9 Å². The van der Waals surface area contributed by atoms with E-state index < -0.39 is 56.5 Å². The van der Waals surface area contributed by atoms with Gasteiger partial charge in [0.2, 0.25) is 15.6 Å². The molecule has 4 rings (SSSR count). The number of esters is 1. The average Bonchev–Trinajstić information content (AvgIpc) is 3.72. The molecule has 216 valence electrons. The number of nitrogens with one attached hydrogen (secondary N) is 1. The maximum Gasteiger partial charge on any atom is 0.415 e. The van der Waals surface area contributed by atoms with E-state index in [4.69, 9.17) is 49.5 Å². The largest absolute Gasteiger partial charge is 0.460 e. The van der Waals surface area contributed by atoms with E-state index in [2.05, 4.69) is 5.32 Å². The summed E-state index contributed by atoms with van der Waals surface area (Å²) in [6.45, 7) is 2.67. The van der Waals surface area contributed by atoms with E-state index >= 15 is 0 Å². The number of hydrogen-bond donors (Lipinski definition) is 1. The van der Waals surface area contributed by atoms with Gasteiger partial charge in [-0.1, -0.05) is 53.0 Å². The molecule has 10 nitrogen and oxygen atoms in total. The van der Waals surface area contributed by atoms with Gasteiger partial charge in [-0.05, 0) is 56.5 Å². The van der Waals surface area contributed by atoms with Gasteiger partial charge in [0.15, 0.2) is 0 Å². The molecular formula is C25H27Cl3N4O6S2. The highest BCUT2D eigenvalue weighted by Gasteiger charge is 2.66. The number of rotatable bonds is 10. The quantitative estimate of drug-likeness (QED) is 0.173.